The van der Waals surface area contributed by atoms with Crippen LogP contribution in [0.1, 0.15) is 0 Å². The van der Waals surface area contributed by atoms with Gasteiger partial charge in [-0.05, 0) is 6.04 Å². The molecule has 0 aliphatic carbocycles. The van der Waals surface area contributed by atoms with Crippen LogP contribution in [0.15, 0.2) is 0 Å². The van der Waals surface area contributed by atoms with Crippen LogP contribution in [0.2, 0.25) is 0 Å². The summed E-state index contributed by atoms with van der Waals surface area (Å²) in [6, 6.07) is -1.38. The first-order valence-corrected chi connectivity index (χ1v) is 1.73. The van der Waals surface area contributed by atoms with E-state index in [0.29, 0.717) is 0 Å². The molecule has 5 heteroatoms. The van der Waals surface area contributed by atoms with Gasteiger partial charge < -0.3 is 15.9 Å². The van der Waals surface area contributed by atoms with Crippen LogP contribution in [0.25, 0.3) is 5.73 Å². The number of carboxylic acid groups (broad SMARTS) is 1. The van der Waals surface area contributed by atoms with Gasteiger partial charge in [-0.15, -0.1) is 0 Å². The molecule has 0 aromatic rings. The zero-order valence-corrected chi connectivity index (χ0v) is 6.18. The van der Waals surface area contributed by atoms with Gasteiger partial charge in [-0.3, -0.25) is 4.79 Å². The quantitative estimate of drug-likeness (QED) is 0.720. The van der Waals surface area contributed by atoms with Crippen LogP contribution in [-0.2, 0) is 25.9 Å². The summed E-state index contributed by atoms with van der Waals surface area (Å²) in [5.74, 6) is -1.29. The standard InChI is InChI=1S/C3H6NO3.Pt/c4-2(1-5)3(6)7;/h2,4-5H,1H2,(H,6,7);/q-1;+2. The zero-order valence-electron chi connectivity index (χ0n) is 3.90. The molecule has 8 heavy (non-hydrogen) atoms. The summed E-state index contributed by atoms with van der Waals surface area (Å²) in [5, 5.41) is 15.8. The van der Waals surface area contributed by atoms with Gasteiger partial charge >= 0.3 is 21.1 Å². The van der Waals surface area contributed by atoms with Gasteiger partial charge in [0.15, 0.2) is 0 Å². The Morgan fingerprint density at radius 1 is 1.75 bits per heavy atom. The monoisotopic (exact) mass is 299 g/mol. The molecule has 0 heterocycles. The topological polar surface area (TPSA) is 81.3 Å². The van der Waals surface area contributed by atoms with E-state index in [1.165, 1.54) is 0 Å². The maximum absolute atomic E-state index is 9.58. The second kappa shape index (κ2) is 5.22. The Balaban J connectivity index is 0. The maximum Gasteiger partial charge on any atom is 2.00 e. The first-order chi connectivity index (χ1) is 3.18. The Labute approximate surface area is 60.9 Å². The molecule has 0 amide bonds. The molecule has 0 rings (SSSR count). The molecule has 1 atom stereocenters. The molecule has 0 radical (unpaired) electrons. The first-order valence-electron chi connectivity index (χ1n) is 1.73. The van der Waals surface area contributed by atoms with Crippen LogP contribution < -0.4 is 0 Å². The molecule has 1 unspecified atom stereocenters. The Kier molecular flexibility index (Phi) is 7.15. The molecule has 0 aliphatic heterocycles. The number of aliphatic carboxylic acids is 1. The van der Waals surface area contributed by atoms with E-state index in [0.717, 1.165) is 0 Å². The SMILES string of the molecule is [NH-]C(CO)C(=O)O.[Pt+2]. The second-order valence-corrected chi connectivity index (χ2v) is 1.07. The van der Waals surface area contributed by atoms with E-state index in [1.807, 2.05) is 0 Å². The van der Waals surface area contributed by atoms with Crippen LogP contribution in [-0.4, -0.2) is 28.8 Å². The van der Waals surface area contributed by atoms with Crippen LogP contribution in [0.3, 0.4) is 0 Å². The van der Waals surface area contributed by atoms with Crippen molar-refractivity contribution in [2.24, 2.45) is 0 Å². The van der Waals surface area contributed by atoms with Gasteiger partial charge in [-0.2, -0.15) is 0 Å². The van der Waals surface area contributed by atoms with Gasteiger partial charge in [0.2, 0.25) is 0 Å². The summed E-state index contributed by atoms with van der Waals surface area (Å²) < 4.78 is 0. The number of aliphatic hydroxyl groups excluding tert-OH is 1. The molecule has 0 fully saturated rings. The van der Waals surface area contributed by atoms with Gasteiger partial charge in [0.25, 0.3) is 5.97 Å². The summed E-state index contributed by atoms with van der Waals surface area (Å²) in [6.45, 7) is -0.616. The minimum atomic E-state index is -1.38. The number of nitrogens with one attached hydrogen (secondary N) is 1. The van der Waals surface area contributed by atoms with Crippen LogP contribution >= 0.6 is 0 Å². The summed E-state index contributed by atoms with van der Waals surface area (Å²) in [4.78, 5) is 9.58. The smallest absolute Gasteiger partial charge is 0.663 e. The van der Waals surface area contributed by atoms with E-state index in [2.05, 4.69) is 0 Å². The largest absolute Gasteiger partial charge is 2.00 e. The number of carbonyl (C=O) groups is 1. The van der Waals surface area contributed by atoms with E-state index in [-0.39, 0.29) is 21.1 Å². The summed E-state index contributed by atoms with van der Waals surface area (Å²) in [5.41, 5.74) is 6.43. The Morgan fingerprint density at radius 3 is 2.12 bits per heavy atom. The van der Waals surface area contributed by atoms with Crippen LogP contribution in [0.5, 0.6) is 0 Å². The average molecular weight is 299 g/mol. The summed E-state index contributed by atoms with van der Waals surface area (Å²) in [7, 11) is 0. The predicted octanol–water partition coefficient (Wildman–Crippen LogP) is -0.518. The van der Waals surface area contributed by atoms with Crippen molar-refractivity contribution in [1.29, 1.82) is 0 Å². The molecular weight excluding hydrogens is 293 g/mol. The van der Waals surface area contributed by atoms with Crippen molar-refractivity contribution in [3.63, 3.8) is 0 Å². The van der Waals surface area contributed by atoms with Crippen molar-refractivity contribution in [2.45, 2.75) is 6.04 Å². The number of carboxylic acids is 1. The van der Waals surface area contributed by atoms with Crippen molar-refractivity contribution < 1.29 is 36.1 Å². The Hall–Kier alpha value is 0.0783. The first kappa shape index (κ1) is 11.0. The number of hydrogen-bond donors (Lipinski definition) is 2. The third kappa shape index (κ3) is 4.24. The maximum atomic E-state index is 9.58. The number of aliphatic hydroxyl groups is 1. The van der Waals surface area contributed by atoms with E-state index in [1.54, 1.807) is 0 Å². The minimum absolute atomic E-state index is 0. The molecule has 50 valence electrons. The summed E-state index contributed by atoms with van der Waals surface area (Å²) >= 11 is 0. The van der Waals surface area contributed by atoms with Gasteiger partial charge in [0.05, 0.1) is 0 Å². The fraction of sp³-hybridized carbons (Fsp3) is 0.667. The van der Waals surface area contributed by atoms with Crippen molar-refractivity contribution in [3.8, 4) is 0 Å². The van der Waals surface area contributed by atoms with Gasteiger partial charge in [0.1, 0.15) is 0 Å². The number of rotatable bonds is 2. The molecule has 0 aromatic carbocycles. The fourth-order valence-corrected chi connectivity index (χ4v) is 0.0781. The molecule has 4 nitrogen and oxygen atoms in total. The molecule has 3 N–H and O–H groups in total. The molecule has 0 spiro atoms. The van der Waals surface area contributed by atoms with Crippen molar-refractivity contribution in [3.05, 3.63) is 5.73 Å². The van der Waals surface area contributed by atoms with E-state index in [4.69, 9.17) is 15.9 Å². The molecular formula is C3H6NO3Pt+. The molecule has 0 aliphatic rings. The third-order valence-electron chi connectivity index (χ3n) is 0.481. The predicted molar refractivity (Wildman–Crippen MR) is 22.8 cm³/mol. The van der Waals surface area contributed by atoms with Gasteiger partial charge in [-0.25, -0.2) is 0 Å². The molecule has 0 saturated carbocycles. The Morgan fingerprint density at radius 2 is 2.12 bits per heavy atom. The molecule has 0 bridgehead atoms. The summed E-state index contributed by atoms with van der Waals surface area (Å²) in [6.07, 6.45) is 0. The number of hydrogen-bond acceptors (Lipinski definition) is 2. The van der Waals surface area contributed by atoms with Crippen molar-refractivity contribution in [2.75, 3.05) is 6.61 Å². The van der Waals surface area contributed by atoms with Crippen molar-refractivity contribution >= 4 is 5.97 Å². The third-order valence-corrected chi connectivity index (χ3v) is 0.481. The minimum Gasteiger partial charge on any atom is -0.663 e. The van der Waals surface area contributed by atoms with E-state index < -0.39 is 18.6 Å². The van der Waals surface area contributed by atoms with E-state index >= 15 is 0 Å². The zero-order chi connectivity index (χ0) is 5.86. The van der Waals surface area contributed by atoms with Crippen LogP contribution in [0.4, 0.5) is 0 Å². The molecule has 0 saturated heterocycles. The second-order valence-electron chi connectivity index (χ2n) is 1.07. The Bertz CT molecular complexity index is 76.9. The fourth-order valence-electron chi connectivity index (χ4n) is 0.0781. The van der Waals surface area contributed by atoms with Crippen LogP contribution in [0, 0.1) is 0 Å². The van der Waals surface area contributed by atoms with Gasteiger partial charge in [-0.1, -0.05) is 0 Å². The molecule has 0 aromatic heterocycles. The van der Waals surface area contributed by atoms with E-state index in [9.17, 15) is 4.79 Å². The average Bonchev–Trinajstić information content (AvgIpc) is 1.65. The van der Waals surface area contributed by atoms with Crippen molar-refractivity contribution in [1.82, 2.24) is 0 Å². The van der Waals surface area contributed by atoms with Gasteiger partial charge in [0, 0.05) is 6.61 Å². The normalized spacial score (nSPS) is 11.8.